The molecule has 0 radical (unpaired) electrons. The van der Waals surface area contributed by atoms with Gasteiger partial charge in [-0.15, -0.1) is 0 Å². The van der Waals surface area contributed by atoms with Gasteiger partial charge < -0.3 is 4.57 Å². The highest BCUT2D eigenvalue weighted by Crippen LogP contribution is 2.32. The van der Waals surface area contributed by atoms with Gasteiger partial charge in [0.25, 0.3) is 0 Å². The van der Waals surface area contributed by atoms with Crippen molar-refractivity contribution in [3.8, 4) is 0 Å². The van der Waals surface area contributed by atoms with Gasteiger partial charge in [-0.25, -0.2) is 0 Å². The predicted octanol–water partition coefficient (Wildman–Crippen LogP) is 3.08. The zero-order chi connectivity index (χ0) is 14.3. The van der Waals surface area contributed by atoms with E-state index in [4.69, 9.17) is 11.6 Å². The van der Waals surface area contributed by atoms with Crippen LogP contribution in [0.1, 0.15) is 41.5 Å². The topological polar surface area (TPSA) is 39.8 Å². The van der Waals surface area contributed by atoms with Crippen LogP contribution in [0.3, 0.4) is 0 Å². The molecule has 0 N–H and O–H groups in total. The molecule has 2 aromatic rings. The molecule has 4 nitrogen and oxygen atoms in total. The van der Waals surface area contributed by atoms with E-state index in [0.717, 1.165) is 41.2 Å². The first kappa shape index (κ1) is 13.4. The van der Waals surface area contributed by atoms with Gasteiger partial charge in [-0.1, -0.05) is 18.5 Å². The molecule has 1 fully saturated rings. The largest absolute Gasteiger partial charge is 0.348 e. The van der Waals surface area contributed by atoms with E-state index < -0.39 is 0 Å². The summed E-state index contributed by atoms with van der Waals surface area (Å²) in [4.78, 5) is 12.0. The molecule has 106 valence electrons. The molecular formula is C15H18ClN3O. The van der Waals surface area contributed by atoms with E-state index in [1.54, 1.807) is 0 Å². The molecule has 1 aliphatic carbocycles. The summed E-state index contributed by atoms with van der Waals surface area (Å²) < 4.78 is 3.82. The molecule has 0 aliphatic heterocycles. The van der Waals surface area contributed by atoms with Crippen molar-refractivity contribution in [2.24, 2.45) is 13.0 Å². The molecule has 2 heterocycles. The fraction of sp³-hybridized carbons (Fsp3) is 0.467. The van der Waals surface area contributed by atoms with Crippen molar-refractivity contribution in [1.82, 2.24) is 14.3 Å². The van der Waals surface area contributed by atoms with Crippen LogP contribution in [0.5, 0.6) is 0 Å². The maximum absolute atomic E-state index is 12.0. The van der Waals surface area contributed by atoms with Crippen LogP contribution in [0.4, 0.5) is 0 Å². The SMILES string of the molecule is CCc1nn(C)c(Cn2ccc(C(=O)C3CC3)c2)c1Cl. The van der Waals surface area contributed by atoms with E-state index in [1.807, 2.05) is 41.7 Å². The van der Waals surface area contributed by atoms with Crippen LogP contribution in [0.25, 0.3) is 0 Å². The molecule has 5 heteroatoms. The van der Waals surface area contributed by atoms with Crippen molar-refractivity contribution in [2.75, 3.05) is 0 Å². The van der Waals surface area contributed by atoms with E-state index in [9.17, 15) is 4.79 Å². The second-order valence-electron chi connectivity index (χ2n) is 5.40. The van der Waals surface area contributed by atoms with Crippen molar-refractivity contribution in [2.45, 2.75) is 32.7 Å². The zero-order valence-corrected chi connectivity index (χ0v) is 12.5. The quantitative estimate of drug-likeness (QED) is 0.794. The van der Waals surface area contributed by atoms with Gasteiger partial charge >= 0.3 is 0 Å². The second kappa shape index (κ2) is 5.09. The fourth-order valence-electron chi connectivity index (χ4n) is 2.43. The van der Waals surface area contributed by atoms with Crippen LogP contribution < -0.4 is 0 Å². The number of rotatable bonds is 5. The minimum atomic E-state index is 0.262. The Morgan fingerprint density at radius 1 is 1.50 bits per heavy atom. The molecule has 20 heavy (non-hydrogen) atoms. The molecule has 1 saturated carbocycles. The predicted molar refractivity (Wildman–Crippen MR) is 78.2 cm³/mol. The molecule has 1 aliphatic rings. The number of aryl methyl sites for hydroxylation is 2. The molecular weight excluding hydrogens is 274 g/mol. The minimum Gasteiger partial charge on any atom is -0.348 e. The van der Waals surface area contributed by atoms with Crippen LogP contribution in [-0.2, 0) is 20.0 Å². The summed E-state index contributed by atoms with van der Waals surface area (Å²) >= 11 is 6.35. The normalized spacial score (nSPS) is 14.8. The highest BCUT2D eigenvalue weighted by molar-refractivity contribution is 6.31. The molecule has 0 spiro atoms. The van der Waals surface area contributed by atoms with E-state index in [1.165, 1.54) is 0 Å². The standard InChI is InChI=1S/C15H18ClN3O/c1-3-12-14(16)13(18(2)17-12)9-19-7-6-11(8-19)15(20)10-4-5-10/h6-8,10H,3-5,9H2,1-2H3. The lowest BCUT2D eigenvalue weighted by Gasteiger charge is -2.04. The van der Waals surface area contributed by atoms with Crippen molar-refractivity contribution < 1.29 is 4.79 Å². The number of halogens is 1. The van der Waals surface area contributed by atoms with Gasteiger partial charge in [-0.05, 0) is 25.3 Å². The number of carbonyl (C=O) groups excluding carboxylic acids is 1. The first-order chi connectivity index (χ1) is 9.60. The minimum absolute atomic E-state index is 0.262. The van der Waals surface area contributed by atoms with Crippen molar-refractivity contribution in [3.63, 3.8) is 0 Å². The molecule has 0 atom stereocenters. The van der Waals surface area contributed by atoms with Gasteiger partial charge in [-0.3, -0.25) is 9.48 Å². The number of ketones is 1. The lowest BCUT2D eigenvalue weighted by atomic mass is 10.1. The number of carbonyl (C=O) groups is 1. The first-order valence-corrected chi connectivity index (χ1v) is 7.38. The molecule has 0 aromatic carbocycles. The van der Waals surface area contributed by atoms with Gasteiger partial charge in [0.15, 0.2) is 5.78 Å². The van der Waals surface area contributed by atoms with Gasteiger partial charge in [-0.2, -0.15) is 5.10 Å². The van der Waals surface area contributed by atoms with Gasteiger partial charge in [0.2, 0.25) is 0 Å². The number of hydrogen-bond acceptors (Lipinski definition) is 2. The average Bonchev–Trinajstić information content (AvgIpc) is 3.13. The van der Waals surface area contributed by atoms with Crippen molar-refractivity contribution >= 4 is 17.4 Å². The molecule has 0 unspecified atom stereocenters. The van der Waals surface area contributed by atoms with E-state index >= 15 is 0 Å². The van der Waals surface area contributed by atoms with Gasteiger partial charge in [0.1, 0.15) is 0 Å². The Morgan fingerprint density at radius 2 is 2.25 bits per heavy atom. The maximum Gasteiger partial charge on any atom is 0.167 e. The Labute approximate surface area is 123 Å². The number of Topliss-reactive ketones (excluding diaryl/α,β-unsaturated/α-hetero) is 1. The number of nitrogens with zero attached hydrogens (tertiary/aromatic N) is 3. The summed E-state index contributed by atoms with van der Waals surface area (Å²) in [5.41, 5.74) is 2.71. The van der Waals surface area contributed by atoms with Crippen LogP contribution in [-0.4, -0.2) is 20.1 Å². The number of aromatic nitrogens is 3. The monoisotopic (exact) mass is 291 g/mol. The van der Waals surface area contributed by atoms with Crippen LogP contribution in [0, 0.1) is 5.92 Å². The van der Waals surface area contributed by atoms with Crippen LogP contribution >= 0.6 is 11.6 Å². The van der Waals surface area contributed by atoms with Crippen molar-refractivity contribution in [3.05, 3.63) is 40.4 Å². The zero-order valence-electron chi connectivity index (χ0n) is 11.8. The fourth-order valence-corrected chi connectivity index (χ4v) is 2.78. The molecule has 0 saturated heterocycles. The van der Waals surface area contributed by atoms with E-state index in [-0.39, 0.29) is 11.7 Å². The summed E-state index contributed by atoms with van der Waals surface area (Å²) in [5, 5.41) is 5.14. The second-order valence-corrected chi connectivity index (χ2v) is 5.77. The molecule has 0 amide bonds. The third kappa shape index (κ3) is 2.40. The Hall–Kier alpha value is -1.55. The summed E-state index contributed by atoms with van der Waals surface area (Å²) in [6.07, 6.45) is 6.75. The van der Waals surface area contributed by atoms with Crippen molar-refractivity contribution in [1.29, 1.82) is 0 Å². The smallest absolute Gasteiger partial charge is 0.167 e. The van der Waals surface area contributed by atoms with E-state index in [2.05, 4.69) is 5.10 Å². The molecule has 3 rings (SSSR count). The first-order valence-electron chi connectivity index (χ1n) is 7.00. The third-order valence-electron chi connectivity index (χ3n) is 3.82. The van der Waals surface area contributed by atoms with Crippen LogP contribution in [0.15, 0.2) is 18.5 Å². The van der Waals surface area contributed by atoms with Gasteiger partial charge in [0.05, 0.1) is 23.0 Å². The highest BCUT2D eigenvalue weighted by atomic mass is 35.5. The summed E-state index contributed by atoms with van der Waals surface area (Å²) in [6, 6.07) is 1.89. The average molecular weight is 292 g/mol. The third-order valence-corrected chi connectivity index (χ3v) is 4.25. The lowest BCUT2D eigenvalue weighted by molar-refractivity contribution is 0.0967. The summed E-state index contributed by atoms with van der Waals surface area (Å²) in [7, 11) is 1.90. The van der Waals surface area contributed by atoms with E-state index in [0.29, 0.717) is 6.54 Å². The molecule has 0 bridgehead atoms. The highest BCUT2D eigenvalue weighted by Gasteiger charge is 2.30. The lowest BCUT2D eigenvalue weighted by Crippen LogP contribution is -2.05. The Bertz CT molecular complexity index is 652. The van der Waals surface area contributed by atoms with Crippen LogP contribution in [0.2, 0.25) is 5.02 Å². The Balaban J connectivity index is 1.81. The van der Waals surface area contributed by atoms with Gasteiger partial charge in [0, 0.05) is 30.9 Å². The summed E-state index contributed by atoms with van der Waals surface area (Å²) in [6.45, 7) is 2.68. The summed E-state index contributed by atoms with van der Waals surface area (Å²) in [5.74, 6) is 0.534. The Kier molecular flexibility index (Phi) is 3.42. The maximum atomic E-state index is 12.0. The number of hydrogen-bond donors (Lipinski definition) is 0. The molecule has 2 aromatic heterocycles. The Morgan fingerprint density at radius 3 is 2.85 bits per heavy atom.